The summed E-state index contributed by atoms with van der Waals surface area (Å²) in [4.78, 5) is 0. The smallest absolute Gasteiger partial charge is 0.105 e. The number of rotatable bonds is 5. The monoisotopic (exact) mass is 221 g/mol. The van der Waals surface area contributed by atoms with Crippen molar-refractivity contribution in [2.75, 3.05) is 6.54 Å². The van der Waals surface area contributed by atoms with Gasteiger partial charge in [0.05, 0.1) is 0 Å². The molecular weight excluding hydrogens is 198 g/mol. The molecule has 0 bridgehead atoms. The summed E-state index contributed by atoms with van der Waals surface area (Å²) in [5, 5.41) is 3.52. The third-order valence-electron chi connectivity index (χ3n) is 3.66. The second kappa shape index (κ2) is 5.53. The molecule has 2 rings (SSSR count). The van der Waals surface area contributed by atoms with Crippen molar-refractivity contribution >= 4 is 0 Å². The van der Waals surface area contributed by atoms with E-state index in [4.69, 9.17) is 4.42 Å². The van der Waals surface area contributed by atoms with Crippen LogP contribution in [0.3, 0.4) is 0 Å². The lowest BCUT2D eigenvalue weighted by Gasteiger charge is -2.09. The Labute approximate surface area is 98.4 Å². The Kier molecular flexibility index (Phi) is 4.05. The van der Waals surface area contributed by atoms with Gasteiger partial charge in [-0.25, -0.2) is 0 Å². The molecule has 16 heavy (non-hydrogen) atoms. The molecule has 0 spiro atoms. The van der Waals surface area contributed by atoms with Crippen LogP contribution in [-0.4, -0.2) is 6.54 Å². The summed E-state index contributed by atoms with van der Waals surface area (Å²) in [6.45, 7) is 6.15. The zero-order valence-electron chi connectivity index (χ0n) is 10.5. The van der Waals surface area contributed by atoms with Gasteiger partial charge in [-0.15, -0.1) is 0 Å². The lowest BCUT2D eigenvalue weighted by molar-refractivity contribution is 0.472. The third-order valence-corrected chi connectivity index (χ3v) is 3.66. The second-order valence-corrected chi connectivity index (χ2v) is 5.05. The Morgan fingerprint density at radius 1 is 1.31 bits per heavy atom. The Hall–Kier alpha value is -0.760. The number of aryl methyl sites for hydroxylation is 2. The van der Waals surface area contributed by atoms with E-state index in [0.29, 0.717) is 0 Å². The van der Waals surface area contributed by atoms with Crippen LogP contribution in [-0.2, 0) is 6.54 Å². The molecule has 1 heterocycles. The van der Waals surface area contributed by atoms with Gasteiger partial charge >= 0.3 is 0 Å². The molecule has 0 radical (unpaired) electrons. The first kappa shape index (κ1) is 11.7. The first-order valence-corrected chi connectivity index (χ1v) is 6.52. The summed E-state index contributed by atoms with van der Waals surface area (Å²) >= 11 is 0. The molecule has 0 aliphatic heterocycles. The quantitative estimate of drug-likeness (QED) is 0.769. The van der Waals surface area contributed by atoms with Crippen molar-refractivity contribution in [2.45, 2.75) is 52.5 Å². The fraction of sp³-hybridized carbons (Fsp3) is 0.714. The Morgan fingerprint density at radius 2 is 2.06 bits per heavy atom. The van der Waals surface area contributed by atoms with Crippen molar-refractivity contribution < 1.29 is 4.42 Å². The molecule has 1 fully saturated rings. The van der Waals surface area contributed by atoms with Crippen molar-refractivity contribution in [1.82, 2.24) is 5.32 Å². The summed E-state index contributed by atoms with van der Waals surface area (Å²) in [5.41, 5.74) is 1.31. The van der Waals surface area contributed by atoms with Crippen molar-refractivity contribution in [3.05, 3.63) is 23.2 Å². The van der Waals surface area contributed by atoms with E-state index in [1.807, 2.05) is 13.8 Å². The lowest BCUT2D eigenvalue weighted by atomic mass is 10.0. The van der Waals surface area contributed by atoms with Gasteiger partial charge < -0.3 is 9.73 Å². The fourth-order valence-corrected chi connectivity index (χ4v) is 2.69. The predicted octanol–water partition coefficient (Wildman–Crippen LogP) is 3.57. The van der Waals surface area contributed by atoms with Gasteiger partial charge in [0.1, 0.15) is 11.5 Å². The van der Waals surface area contributed by atoms with Crippen LogP contribution in [0, 0.1) is 19.8 Å². The van der Waals surface area contributed by atoms with Crippen molar-refractivity contribution in [3.8, 4) is 0 Å². The Morgan fingerprint density at radius 3 is 2.69 bits per heavy atom. The minimum atomic E-state index is 0.954. The van der Waals surface area contributed by atoms with Gasteiger partial charge in [0.25, 0.3) is 0 Å². The highest BCUT2D eigenvalue weighted by Gasteiger charge is 2.14. The highest BCUT2D eigenvalue weighted by molar-refractivity contribution is 5.19. The molecule has 1 aliphatic carbocycles. The summed E-state index contributed by atoms with van der Waals surface area (Å²) in [5.74, 6) is 3.07. The molecule has 2 nitrogen and oxygen atoms in total. The van der Waals surface area contributed by atoms with Crippen LogP contribution < -0.4 is 5.32 Å². The van der Waals surface area contributed by atoms with Crippen LogP contribution in [0.2, 0.25) is 0 Å². The van der Waals surface area contributed by atoms with Crippen LogP contribution in [0.4, 0.5) is 0 Å². The van der Waals surface area contributed by atoms with Gasteiger partial charge in [-0.3, -0.25) is 0 Å². The van der Waals surface area contributed by atoms with E-state index in [1.165, 1.54) is 37.7 Å². The van der Waals surface area contributed by atoms with E-state index in [9.17, 15) is 0 Å². The topological polar surface area (TPSA) is 25.2 Å². The molecule has 1 saturated carbocycles. The maximum absolute atomic E-state index is 5.50. The molecule has 1 N–H and O–H groups in total. The third kappa shape index (κ3) is 3.11. The first-order valence-electron chi connectivity index (χ1n) is 6.52. The Balaban J connectivity index is 1.65. The summed E-state index contributed by atoms with van der Waals surface area (Å²) in [6.07, 6.45) is 7.14. The minimum Gasteiger partial charge on any atom is -0.466 e. The standard InChI is InChI=1S/C14H23NO/c1-11-9-14(12(2)16-11)10-15-8-7-13-5-3-4-6-13/h9,13,15H,3-8,10H2,1-2H3. The SMILES string of the molecule is Cc1cc(CNCCC2CCCC2)c(C)o1. The van der Waals surface area contributed by atoms with E-state index in [-0.39, 0.29) is 0 Å². The molecule has 1 aliphatic rings. The van der Waals surface area contributed by atoms with Crippen LogP contribution in [0.25, 0.3) is 0 Å². The highest BCUT2D eigenvalue weighted by Crippen LogP contribution is 2.26. The van der Waals surface area contributed by atoms with Crippen LogP contribution in [0.15, 0.2) is 10.5 Å². The average Bonchev–Trinajstić information content (AvgIpc) is 2.84. The number of furan rings is 1. The maximum atomic E-state index is 5.50. The zero-order chi connectivity index (χ0) is 11.4. The number of hydrogen-bond donors (Lipinski definition) is 1. The molecule has 0 aromatic carbocycles. The zero-order valence-corrected chi connectivity index (χ0v) is 10.5. The largest absolute Gasteiger partial charge is 0.466 e. The summed E-state index contributed by atoms with van der Waals surface area (Å²) in [7, 11) is 0. The number of hydrogen-bond acceptors (Lipinski definition) is 2. The van der Waals surface area contributed by atoms with Crippen LogP contribution in [0.5, 0.6) is 0 Å². The van der Waals surface area contributed by atoms with Gasteiger partial charge in [0, 0.05) is 12.1 Å². The van der Waals surface area contributed by atoms with Crippen molar-refractivity contribution in [2.24, 2.45) is 5.92 Å². The fourth-order valence-electron chi connectivity index (χ4n) is 2.69. The van der Waals surface area contributed by atoms with Crippen LogP contribution in [0.1, 0.15) is 49.2 Å². The van der Waals surface area contributed by atoms with E-state index >= 15 is 0 Å². The Bertz CT molecular complexity index is 323. The van der Waals surface area contributed by atoms with Crippen LogP contribution >= 0.6 is 0 Å². The molecule has 90 valence electrons. The normalized spacial score (nSPS) is 17.1. The second-order valence-electron chi connectivity index (χ2n) is 5.05. The van der Waals surface area contributed by atoms with Gasteiger partial charge in [-0.05, 0) is 38.8 Å². The maximum Gasteiger partial charge on any atom is 0.105 e. The molecule has 2 heteroatoms. The first-order chi connectivity index (χ1) is 7.75. The predicted molar refractivity (Wildman–Crippen MR) is 66.5 cm³/mol. The molecule has 1 aromatic heterocycles. The minimum absolute atomic E-state index is 0.954. The molecule has 0 atom stereocenters. The van der Waals surface area contributed by atoms with E-state index in [2.05, 4.69) is 11.4 Å². The van der Waals surface area contributed by atoms with Gasteiger partial charge in [-0.2, -0.15) is 0 Å². The average molecular weight is 221 g/mol. The summed E-state index contributed by atoms with van der Waals surface area (Å²) < 4.78 is 5.50. The molecule has 0 amide bonds. The highest BCUT2D eigenvalue weighted by atomic mass is 16.3. The molecule has 0 unspecified atom stereocenters. The van der Waals surface area contributed by atoms with Gasteiger partial charge in [-0.1, -0.05) is 25.7 Å². The van der Waals surface area contributed by atoms with Gasteiger partial charge in [0.15, 0.2) is 0 Å². The van der Waals surface area contributed by atoms with Gasteiger partial charge in [0.2, 0.25) is 0 Å². The van der Waals surface area contributed by atoms with E-state index < -0.39 is 0 Å². The molecular formula is C14H23NO. The van der Waals surface area contributed by atoms with Crippen molar-refractivity contribution in [3.63, 3.8) is 0 Å². The van der Waals surface area contributed by atoms with Crippen molar-refractivity contribution in [1.29, 1.82) is 0 Å². The van der Waals surface area contributed by atoms with E-state index in [1.54, 1.807) is 0 Å². The number of nitrogens with one attached hydrogen (secondary N) is 1. The molecule has 0 saturated heterocycles. The molecule has 1 aromatic rings. The lowest BCUT2D eigenvalue weighted by Crippen LogP contribution is -2.17. The van der Waals surface area contributed by atoms with E-state index in [0.717, 1.165) is 30.5 Å². The summed E-state index contributed by atoms with van der Waals surface area (Å²) in [6, 6.07) is 2.14.